The smallest absolute Gasteiger partial charge is 0.260 e. The van der Waals surface area contributed by atoms with Crippen LogP contribution < -0.4 is 4.74 Å². The van der Waals surface area contributed by atoms with E-state index in [1.165, 1.54) is 12.0 Å². The van der Waals surface area contributed by atoms with E-state index in [1.807, 2.05) is 12.1 Å². The van der Waals surface area contributed by atoms with Gasteiger partial charge in [-0.25, -0.2) is 4.39 Å². The van der Waals surface area contributed by atoms with Gasteiger partial charge in [-0.1, -0.05) is 18.2 Å². The summed E-state index contributed by atoms with van der Waals surface area (Å²) in [6.45, 7) is 5.74. The van der Waals surface area contributed by atoms with Crippen molar-refractivity contribution in [3.05, 3.63) is 41.6 Å². The van der Waals surface area contributed by atoms with Crippen LogP contribution in [0.1, 0.15) is 68.2 Å². The van der Waals surface area contributed by atoms with Gasteiger partial charge in [0.1, 0.15) is 5.75 Å². The Kier molecular flexibility index (Phi) is 5.39. The molecule has 2 saturated carbocycles. The lowest BCUT2D eigenvalue weighted by Crippen LogP contribution is -2.60. The van der Waals surface area contributed by atoms with Gasteiger partial charge in [0.2, 0.25) is 5.89 Å². The van der Waals surface area contributed by atoms with Gasteiger partial charge >= 0.3 is 0 Å². The molecule has 182 valence electrons. The molecule has 7 nitrogen and oxygen atoms in total. The zero-order valence-electron chi connectivity index (χ0n) is 19.8. The number of rotatable bonds is 6. The van der Waals surface area contributed by atoms with Crippen LogP contribution in [0.3, 0.4) is 0 Å². The third-order valence-corrected chi connectivity index (χ3v) is 8.41. The minimum atomic E-state index is -1.52. The van der Waals surface area contributed by atoms with Crippen molar-refractivity contribution in [2.24, 2.45) is 5.41 Å². The molecule has 1 amide bonds. The van der Waals surface area contributed by atoms with Crippen molar-refractivity contribution in [3.63, 3.8) is 0 Å². The molecule has 3 heterocycles. The van der Waals surface area contributed by atoms with Crippen molar-refractivity contribution in [2.45, 2.75) is 76.1 Å². The molecule has 6 rings (SSSR count). The highest BCUT2D eigenvalue weighted by Gasteiger charge is 2.58. The third-order valence-electron chi connectivity index (χ3n) is 8.41. The number of likely N-dealkylation sites (tertiary alicyclic amines) is 2. The molecule has 1 aromatic heterocycles. The number of nitrogens with zero attached hydrogens (tertiary/aromatic N) is 4. The molecule has 2 aliphatic heterocycles. The summed E-state index contributed by atoms with van der Waals surface area (Å²) < 4.78 is 25.6. The molecule has 2 saturated heterocycles. The number of aryl methyl sites for hydroxylation is 1. The Labute approximate surface area is 199 Å². The summed E-state index contributed by atoms with van der Waals surface area (Å²) in [5.41, 5.74) is -0.0310. The number of halogens is 1. The summed E-state index contributed by atoms with van der Waals surface area (Å²) in [5, 5.41) is 7.89. The molecule has 8 heteroatoms. The van der Waals surface area contributed by atoms with E-state index in [0.29, 0.717) is 36.6 Å². The molecule has 1 atom stereocenters. The molecule has 0 N–H and O–H groups in total. The number of hydrogen-bond donors (Lipinski definition) is 0. The standard InChI is InChI=1S/C26H33FN4O3/c1-18-28-29-23(34-18)15-33-22-5-3-2-4-21(22)19-7-12-30(13-8-19)20-6-9-25(14-20)16-31(17-25)24(32)26(27)10-11-26/h2-5,19-20H,6-17H2,1H3/t20-/m0/s1. The maximum absolute atomic E-state index is 14.1. The fourth-order valence-electron chi connectivity index (χ4n) is 6.35. The van der Waals surface area contributed by atoms with Crippen LogP contribution in [0.5, 0.6) is 5.75 Å². The largest absolute Gasteiger partial charge is 0.484 e. The van der Waals surface area contributed by atoms with Crippen LogP contribution in [-0.4, -0.2) is 63.8 Å². The van der Waals surface area contributed by atoms with Crippen LogP contribution in [0, 0.1) is 12.3 Å². The Balaban J connectivity index is 1.01. The van der Waals surface area contributed by atoms with E-state index in [2.05, 4.69) is 27.2 Å². The lowest BCUT2D eigenvalue weighted by Gasteiger charge is -2.49. The van der Waals surface area contributed by atoms with E-state index >= 15 is 0 Å². The van der Waals surface area contributed by atoms with Gasteiger partial charge in [-0.3, -0.25) is 4.79 Å². The normalized spacial score (nSPS) is 25.9. The number of aromatic nitrogens is 2. The topological polar surface area (TPSA) is 71.7 Å². The molecule has 4 fully saturated rings. The van der Waals surface area contributed by atoms with E-state index < -0.39 is 5.67 Å². The average molecular weight is 469 g/mol. The van der Waals surface area contributed by atoms with Gasteiger partial charge in [0.05, 0.1) is 0 Å². The van der Waals surface area contributed by atoms with Gasteiger partial charge in [0, 0.05) is 31.5 Å². The number of alkyl halides is 1. The van der Waals surface area contributed by atoms with Crippen LogP contribution in [0.4, 0.5) is 4.39 Å². The zero-order chi connectivity index (χ0) is 23.3. The number of ether oxygens (including phenoxy) is 1. The maximum atomic E-state index is 14.1. The van der Waals surface area contributed by atoms with Crippen LogP contribution in [-0.2, 0) is 11.4 Å². The Morgan fingerprint density at radius 1 is 1.15 bits per heavy atom. The number of hydrogen-bond acceptors (Lipinski definition) is 6. The molecule has 4 aliphatic rings. The Bertz CT molecular complexity index is 1050. The quantitative estimate of drug-likeness (QED) is 0.638. The second-order valence-corrected chi connectivity index (χ2v) is 10.9. The van der Waals surface area contributed by atoms with E-state index in [0.717, 1.165) is 57.6 Å². The number of benzene rings is 1. The molecule has 2 aliphatic carbocycles. The molecule has 1 spiro atoms. The van der Waals surface area contributed by atoms with E-state index in [9.17, 15) is 9.18 Å². The molecule has 0 radical (unpaired) electrons. The second kappa shape index (κ2) is 8.33. The number of para-hydroxylation sites is 1. The predicted molar refractivity (Wildman–Crippen MR) is 123 cm³/mol. The van der Waals surface area contributed by atoms with Gasteiger partial charge in [0.15, 0.2) is 12.3 Å². The zero-order valence-corrected chi connectivity index (χ0v) is 19.8. The van der Waals surface area contributed by atoms with Gasteiger partial charge in [-0.05, 0) is 75.6 Å². The van der Waals surface area contributed by atoms with Crippen LogP contribution in [0.25, 0.3) is 0 Å². The van der Waals surface area contributed by atoms with Crippen molar-refractivity contribution in [1.82, 2.24) is 20.0 Å². The highest BCUT2D eigenvalue weighted by Crippen LogP contribution is 2.51. The number of carbonyl (C=O) groups is 1. The summed E-state index contributed by atoms with van der Waals surface area (Å²) in [5.74, 6) is 2.16. The highest BCUT2D eigenvalue weighted by atomic mass is 19.1. The van der Waals surface area contributed by atoms with Crippen molar-refractivity contribution in [1.29, 1.82) is 0 Å². The fraction of sp³-hybridized carbons (Fsp3) is 0.654. The maximum Gasteiger partial charge on any atom is 0.260 e. The van der Waals surface area contributed by atoms with Gasteiger partial charge in [-0.2, -0.15) is 0 Å². The third kappa shape index (κ3) is 4.10. The molecule has 0 bridgehead atoms. The lowest BCUT2D eigenvalue weighted by molar-refractivity contribution is -0.150. The molecular formula is C26H33FN4O3. The van der Waals surface area contributed by atoms with Gasteiger partial charge in [-0.15, -0.1) is 10.2 Å². The molecule has 2 aromatic rings. The summed E-state index contributed by atoms with van der Waals surface area (Å²) in [7, 11) is 0. The SMILES string of the molecule is Cc1nnc(COc2ccccc2C2CCN([C@H]3CCC4(C3)CN(C(=O)C3(F)CC3)C4)CC2)o1. The summed E-state index contributed by atoms with van der Waals surface area (Å²) in [6, 6.07) is 8.88. The van der Waals surface area contributed by atoms with Crippen molar-refractivity contribution >= 4 is 5.91 Å². The summed E-state index contributed by atoms with van der Waals surface area (Å²) >= 11 is 0. The number of carbonyl (C=O) groups excluding carboxylic acids is 1. The van der Waals surface area contributed by atoms with Crippen LogP contribution in [0.2, 0.25) is 0 Å². The second-order valence-electron chi connectivity index (χ2n) is 10.9. The van der Waals surface area contributed by atoms with Gasteiger partial charge in [0.25, 0.3) is 11.8 Å². The van der Waals surface area contributed by atoms with E-state index in [4.69, 9.17) is 9.15 Å². The first-order valence-corrected chi connectivity index (χ1v) is 12.7. The van der Waals surface area contributed by atoms with Crippen molar-refractivity contribution < 1.29 is 18.3 Å². The Morgan fingerprint density at radius 2 is 1.91 bits per heavy atom. The monoisotopic (exact) mass is 468 g/mol. The number of amides is 1. The Hall–Kier alpha value is -2.48. The molecule has 34 heavy (non-hydrogen) atoms. The summed E-state index contributed by atoms with van der Waals surface area (Å²) in [6.07, 6.45) is 6.54. The first-order valence-electron chi connectivity index (χ1n) is 12.7. The predicted octanol–water partition coefficient (Wildman–Crippen LogP) is 4.02. The molecular weight excluding hydrogens is 435 g/mol. The van der Waals surface area contributed by atoms with Crippen molar-refractivity contribution in [2.75, 3.05) is 26.2 Å². The minimum Gasteiger partial charge on any atom is -0.484 e. The van der Waals surface area contributed by atoms with E-state index in [1.54, 1.807) is 11.8 Å². The van der Waals surface area contributed by atoms with E-state index in [-0.39, 0.29) is 17.9 Å². The first-order chi connectivity index (χ1) is 16.4. The molecule has 0 unspecified atom stereocenters. The van der Waals surface area contributed by atoms with Gasteiger partial charge < -0.3 is 19.0 Å². The average Bonchev–Trinajstić information content (AvgIpc) is 3.23. The fourth-order valence-corrected chi connectivity index (χ4v) is 6.35. The number of piperidine rings is 1. The lowest BCUT2D eigenvalue weighted by atomic mass is 9.77. The molecule has 1 aromatic carbocycles. The first kappa shape index (κ1) is 22.0. The van der Waals surface area contributed by atoms with Crippen LogP contribution >= 0.6 is 0 Å². The Morgan fingerprint density at radius 3 is 2.62 bits per heavy atom. The van der Waals surface area contributed by atoms with Crippen LogP contribution in [0.15, 0.2) is 28.7 Å². The summed E-state index contributed by atoms with van der Waals surface area (Å²) in [4.78, 5) is 16.7. The highest BCUT2D eigenvalue weighted by molar-refractivity contribution is 5.88. The van der Waals surface area contributed by atoms with Crippen molar-refractivity contribution in [3.8, 4) is 5.75 Å². The minimum absolute atomic E-state index is 0.232.